The van der Waals surface area contributed by atoms with E-state index in [4.69, 9.17) is 0 Å². The number of aryl methyl sites for hydroxylation is 3. The Labute approximate surface area is 114 Å². The van der Waals surface area contributed by atoms with Crippen molar-refractivity contribution in [2.45, 2.75) is 33.1 Å². The summed E-state index contributed by atoms with van der Waals surface area (Å²) in [4.78, 5) is 8.11. The SMILES string of the molecule is Cc1cc(C)c(-c2cnc(C3CCNC3)[nH]2)c(C)c1. The molecule has 1 saturated heterocycles. The molecule has 3 heteroatoms. The molecule has 1 aromatic carbocycles. The van der Waals surface area contributed by atoms with Gasteiger partial charge in [0.25, 0.3) is 0 Å². The summed E-state index contributed by atoms with van der Waals surface area (Å²) in [5, 5.41) is 3.39. The molecule has 1 aromatic heterocycles. The Morgan fingerprint density at radius 1 is 1.16 bits per heavy atom. The highest BCUT2D eigenvalue weighted by Crippen LogP contribution is 2.29. The molecule has 1 unspecified atom stereocenters. The van der Waals surface area contributed by atoms with Crippen LogP contribution in [0.2, 0.25) is 0 Å². The third-order valence-corrected chi connectivity index (χ3v) is 3.99. The van der Waals surface area contributed by atoms with Gasteiger partial charge in [-0.1, -0.05) is 17.7 Å². The van der Waals surface area contributed by atoms with Crippen LogP contribution in [0, 0.1) is 20.8 Å². The lowest BCUT2D eigenvalue weighted by Crippen LogP contribution is -2.08. The molecular weight excluding hydrogens is 234 g/mol. The number of aromatic amines is 1. The van der Waals surface area contributed by atoms with E-state index in [1.54, 1.807) is 0 Å². The molecule has 3 nitrogen and oxygen atoms in total. The second-order valence-electron chi connectivity index (χ2n) is 5.65. The average molecular weight is 255 g/mol. The van der Waals surface area contributed by atoms with E-state index >= 15 is 0 Å². The van der Waals surface area contributed by atoms with Gasteiger partial charge in [-0.3, -0.25) is 0 Å². The molecule has 0 saturated carbocycles. The lowest BCUT2D eigenvalue weighted by molar-refractivity contribution is 0.714. The first-order chi connectivity index (χ1) is 9.15. The van der Waals surface area contributed by atoms with Gasteiger partial charge >= 0.3 is 0 Å². The van der Waals surface area contributed by atoms with E-state index in [1.165, 1.54) is 28.7 Å². The van der Waals surface area contributed by atoms with Crippen LogP contribution < -0.4 is 5.32 Å². The van der Waals surface area contributed by atoms with E-state index in [0.29, 0.717) is 5.92 Å². The van der Waals surface area contributed by atoms with E-state index in [9.17, 15) is 0 Å². The zero-order valence-corrected chi connectivity index (χ0v) is 11.9. The molecule has 19 heavy (non-hydrogen) atoms. The topological polar surface area (TPSA) is 40.7 Å². The van der Waals surface area contributed by atoms with Crippen LogP contribution >= 0.6 is 0 Å². The quantitative estimate of drug-likeness (QED) is 0.866. The third-order valence-electron chi connectivity index (χ3n) is 3.99. The first-order valence-electron chi connectivity index (χ1n) is 6.99. The highest BCUT2D eigenvalue weighted by atomic mass is 15.0. The van der Waals surface area contributed by atoms with Crippen molar-refractivity contribution < 1.29 is 0 Å². The number of rotatable bonds is 2. The van der Waals surface area contributed by atoms with Crippen molar-refractivity contribution in [1.82, 2.24) is 15.3 Å². The minimum atomic E-state index is 0.541. The Kier molecular flexibility index (Phi) is 3.15. The van der Waals surface area contributed by atoms with Crippen LogP contribution in [0.5, 0.6) is 0 Å². The van der Waals surface area contributed by atoms with Crippen molar-refractivity contribution in [1.29, 1.82) is 0 Å². The Morgan fingerprint density at radius 2 is 1.89 bits per heavy atom. The van der Waals surface area contributed by atoms with Gasteiger partial charge in [-0.2, -0.15) is 0 Å². The highest BCUT2D eigenvalue weighted by molar-refractivity contribution is 5.67. The molecule has 2 heterocycles. The van der Waals surface area contributed by atoms with Crippen molar-refractivity contribution in [3.8, 4) is 11.3 Å². The largest absolute Gasteiger partial charge is 0.342 e. The number of imidazole rings is 1. The Hall–Kier alpha value is -1.61. The van der Waals surface area contributed by atoms with E-state index < -0.39 is 0 Å². The zero-order valence-electron chi connectivity index (χ0n) is 11.9. The molecule has 1 aliphatic heterocycles. The summed E-state index contributed by atoms with van der Waals surface area (Å²) in [6, 6.07) is 4.47. The van der Waals surface area contributed by atoms with Crippen LogP contribution in [-0.4, -0.2) is 23.1 Å². The molecule has 0 bridgehead atoms. The monoisotopic (exact) mass is 255 g/mol. The van der Waals surface area contributed by atoms with E-state index in [0.717, 1.165) is 24.6 Å². The number of benzene rings is 1. The fraction of sp³-hybridized carbons (Fsp3) is 0.438. The second kappa shape index (κ2) is 4.82. The maximum atomic E-state index is 4.58. The van der Waals surface area contributed by atoms with Gasteiger partial charge in [0.05, 0.1) is 11.9 Å². The fourth-order valence-corrected chi connectivity index (χ4v) is 3.16. The molecular formula is C16H21N3. The Morgan fingerprint density at radius 3 is 2.53 bits per heavy atom. The maximum Gasteiger partial charge on any atom is 0.110 e. The van der Waals surface area contributed by atoms with Crippen LogP contribution in [-0.2, 0) is 0 Å². The normalized spacial score (nSPS) is 19.0. The predicted octanol–water partition coefficient (Wildman–Crippen LogP) is 3.08. The average Bonchev–Trinajstić information content (AvgIpc) is 2.97. The van der Waals surface area contributed by atoms with E-state index in [2.05, 4.69) is 48.2 Å². The number of H-pyrrole nitrogens is 1. The number of aromatic nitrogens is 2. The predicted molar refractivity (Wildman–Crippen MR) is 78.5 cm³/mol. The van der Waals surface area contributed by atoms with Crippen LogP contribution in [0.15, 0.2) is 18.3 Å². The van der Waals surface area contributed by atoms with E-state index in [-0.39, 0.29) is 0 Å². The molecule has 1 aliphatic rings. The fourth-order valence-electron chi connectivity index (χ4n) is 3.16. The lowest BCUT2D eigenvalue weighted by atomic mass is 9.98. The van der Waals surface area contributed by atoms with Gasteiger partial charge in [-0.05, 0) is 44.9 Å². The molecule has 1 fully saturated rings. The summed E-state index contributed by atoms with van der Waals surface area (Å²) in [6.07, 6.45) is 3.16. The molecule has 0 aliphatic carbocycles. The first-order valence-corrected chi connectivity index (χ1v) is 6.99. The molecule has 1 atom stereocenters. The van der Waals surface area contributed by atoms with Crippen LogP contribution in [0.4, 0.5) is 0 Å². The van der Waals surface area contributed by atoms with Gasteiger partial charge in [-0.15, -0.1) is 0 Å². The summed E-state index contributed by atoms with van der Waals surface area (Å²) in [7, 11) is 0. The molecule has 0 spiro atoms. The van der Waals surface area contributed by atoms with Gasteiger partial charge in [0, 0.05) is 18.0 Å². The highest BCUT2D eigenvalue weighted by Gasteiger charge is 2.20. The summed E-state index contributed by atoms with van der Waals surface area (Å²) in [6.45, 7) is 8.63. The van der Waals surface area contributed by atoms with Crippen molar-refractivity contribution in [3.05, 3.63) is 40.8 Å². The van der Waals surface area contributed by atoms with E-state index in [1.807, 2.05) is 6.20 Å². The summed E-state index contributed by atoms with van der Waals surface area (Å²) in [5.41, 5.74) is 6.40. The Balaban J connectivity index is 1.98. The maximum absolute atomic E-state index is 4.58. The molecule has 0 amide bonds. The minimum absolute atomic E-state index is 0.541. The first kappa shape index (κ1) is 12.4. The van der Waals surface area contributed by atoms with Crippen molar-refractivity contribution in [3.63, 3.8) is 0 Å². The number of nitrogens with zero attached hydrogens (tertiary/aromatic N) is 1. The molecule has 2 aromatic rings. The molecule has 2 N–H and O–H groups in total. The van der Waals surface area contributed by atoms with Crippen molar-refractivity contribution in [2.24, 2.45) is 0 Å². The van der Waals surface area contributed by atoms with Gasteiger partial charge < -0.3 is 10.3 Å². The third kappa shape index (κ3) is 2.30. The summed E-state index contributed by atoms with van der Waals surface area (Å²) >= 11 is 0. The van der Waals surface area contributed by atoms with Crippen LogP contribution in [0.1, 0.15) is 34.9 Å². The molecule has 0 radical (unpaired) electrons. The van der Waals surface area contributed by atoms with Gasteiger partial charge in [0.15, 0.2) is 0 Å². The standard InChI is InChI=1S/C16H21N3/c1-10-6-11(2)15(12(3)7-10)14-9-18-16(19-14)13-4-5-17-8-13/h6-7,9,13,17H,4-5,8H2,1-3H3,(H,18,19). The van der Waals surface area contributed by atoms with Crippen LogP contribution in [0.25, 0.3) is 11.3 Å². The molecule has 3 rings (SSSR count). The van der Waals surface area contributed by atoms with Crippen molar-refractivity contribution in [2.75, 3.05) is 13.1 Å². The molecule has 100 valence electrons. The number of nitrogens with one attached hydrogen (secondary N) is 2. The second-order valence-corrected chi connectivity index (χ2v) is 5.65. The summed E-state index contributed by atoms with van der Waals surface area (Å²) < 4.78 is 0. The number of hydrogen-bond acceptors (Lipinski definition) is 2. The smallest absolute Gasteiger partial charge is 0.110 e. The Bertz CT molecular complexity index is 569. The van der Waals surface area contributed by atoms with Gasteiger partial charge in [0.1, 0.15) is 5.82 Å². The minimum Gasteiger partial charge on any atom is -0.342 e. The van der Waals surface area contributed by atoms with Crippen LogP contribution in [0.3, 0.4) is 0 Å². The van der Waals surface area contributed by atoms with Gasteiger partial charge in [0.2, 0.25) is 0 Å². The van der Waals surface area contributed by atoms with Crippen molar-refractivity contribution >= 4 is 0 Å². The lowest BCUT2D eigenvalue weighted by Gasteiger charge is -2.10. The summed E-state index contributed by atoms with van der Waals surface area (Å²) in [5.74, 6) is 1.67. The van der Waals surface area contributed by atoms with Gasteiger partial charge in [-0.25, -0.2) is 4.98 Å². The zero-order chi connectivity index (χ0) is 13.4. The number of hydrogen-bond donors (Lipinski definition) is 2.